The first kappa shape index (κ1) is 23.1. The number of para-hydroxylation sites is 1. The van der Waals surface area contributed by atoms with Gasteiger partial charge in [0.1, 0.15) is 11.5 Å². The molecule has 4 aliphatic rings. The summed E-state index contributed by atoms with van der Waals surface area (Å²) in [5.41, 5.74) is 4.92. The van der Waals surface area contributed by atoms with E-state index in [1.807, 2.05) is 35.1 Å². The summed E-state index contributed by atoms with van der Waals surface area (Å²) < 4.78 is 23.5. The van der Waals surface area contributed by atoms with E-state index in [4.69, 9.17) is 27.9 Å². The SMILES string of the molecule is Fc1cc(C2CCC2)ccc1N1C[C@@H]2C[C@H]1C[C@H]2OCc1c(C2CC2)cnn1-c1c(Cl)cccc1Cl. The third-order valence-electron chi connectivity index (χ3n) is 8.84. The molecule has 1 aromatic heterocycles. The van der Waals surface area contributed by atoms with Crippen molar-refractivity contribution in [3.05, 3.63) is 75.3 Å². The maximum Gasteiger partial charge on any atom is 0.146 e. The molecule has 0 N–H and O–H groups in total. The minimum absolute atomic E-state index is 0.0704. The summed E-state index contributed by atoms with van der Waals surface area (Å²) in [6.45, 7) is 1.33. The lowest BCUT2D eigenvalue weighted by Gasteiger charge is -2.34. The summed E-state index contributed by atoms with van der Waals surface area (Å²) in [7, 11) is 0. The second kappa shape index (κ2) is 9.04. The number of fused-ring (bicyclic) bond motifs is 2. The number of rotatable bonds is 7. The Hall–Kier alpha value is -2.08. The quantitative estimate of drug-likeness (QED) is 0.317. The summed E-state index contributed by atoms with van der Waals surface area (Å²) in [6, 6.07) is 11.8. The Morgan fingerprint density at radius 3 is 2.44 bits per heavy atom. The van der Waals surface area contributed by atoms with Crippen molar-refractivity contribution in [2.45, 2.75) is 75.5 Å². The number of anilines is 1. The van der Waals surface area contributed by atoms with Crippen molar-refractivity contribution in [1.29, 1.82) is 0 Å². The second-order valence-corrected chi connectivity index (χ2v) is 11.8. The average molecular weight is 526 g/mol. The van der Waals surface area contributed by atoms with Gasteiger partial charge in [-0.3, -0.25) is 0 Å². The molecule has 7 rings (SSSR count). The van der Waals surface area contributed by atoms with Crippen molar-refractivity contribution in [3.63, 3.8) is 0 Å². The number of benzene rings is 2. The van der Waals surface area contributed by atoms with Gasteiger partial charge >= 0.3 is 0 Å². The lowest BCUT2D eigenvalue weighted by atomic mass is 9.80. The third-order valence-corrected chi connectivity index (χ3v) is 9.45. The van der Waals surface area contributed by atoms with Crippen LogP contribution in [0.1, 0.15) is 73.6 Å². The topological polar surface area (TPSA) is 30.3 Å². The molecule has 1 aliphatic heterocycles. The molecule has 188 valence electrons. The third kappa shape index (κ3) is 3.95. The van der Waals surface area contributed by atoms with Crippen LogP contribution in [0.4, 0.5) is 10.1 Å². The number of hydrogen-bond donors (Lipinski definition) is 0. The van der Waals surface area contributed by atoms with Crippen molar-refractivity contribution < 1.29 is 9.13 Å². The van der Waals surface area contributed by atoms with Crippen LogP contribution in [0.2, 0.25) is 10.0 Å². The van der Waals surface area contributed by atoms with Crippen LogP contribution in [0.5, 0.6) is 0 Å². The average Bonchev–Trinajstić information content (AvgIpc) is 3.28. The van der Waals surface area contributed by atoms with Crippen LogP contribution in [0.3, 0.4) is 0 Å². The van der Waals surface area contributed by atoms with Gasteiger partial charge in [-0.05, 0) is 85.8 Å². The molecule has 3 saturated carbocycles. The first-order chi connectivity index (χ1) is 17.6. The van der Waals surface area contributed by atoms with Crippen molar-refractivity contribution in [1.82, 2.24) is 9.78 Å². The van der Waals surface area contributed by atoms with Crippen LogP contribution < -0.4 is 4.90 Å². The Morgan fingerprint density at radius 1 is 1.00 bits per heavy atom. The number of nitrogens with zero attached hydrogens (tertiary/aromatic N) is 3. The first-order valence-corrected chi connectivity index (χ1v) is 14.0. The molecule has 3 aromatic rings. The van der Waals surface area contributed by atoms with Gasteiger partial charge in [-0.2, -0.15) is 5.10 Å². The molecule has 3 aliphatic carbocycles. The zero-order chi connectivity index (χ0) is 24.4. The maximum absolute atomic E-state index is 15.1. The molecule has 1 saturated heterocycles. The maximum atomic E-state index is 15.1. The molecule has 2 bridgehead atoms. The van der Waals surface area contributed by atoms with Gasteiger partial charge in [-0.25, -0.2) is 9.07 Å². The summed E-state index contributed by atoms with van der Waals surface area (Å²) in [5, 5.41) is 5.83. The predicted molar refractivity (Wildman–Crippen MR) is 141 cm³/mol. The Bertz CT molecular complexity index is 1280. The zero-order valence-electron chi connectivity index (χ0n) is 20.2. The van der Waals surface area contributed by atoms with E-state index in [0.29, 0.717) is 46.1 Å². The summed E-state index contributed by atoms with van der Waals surface area (Å²) >= 11 is 13.0. The van der Waals surface area contributed by atoms with E-state index < -0.39 is 0 Å². The highest BCUT2D eigenvalue weighted by Crippen LogP contribution is 2.46. The fourth-order valence-electron chi connectivity index (χ4n) is 6.49. The van der Waals surface area contributed by atoms with Crippen LogP contribution in [-0.4, -0.2) is 28.5 Å². The fourth-order valence-corrected chi connectivity index (χ4v) is 7.05. The Kier molecular flexibility index (Phi) is 5.79. The lowest BCUT2D eigenvalue weighted by Crippen LogP contribution is -2.39. The van der Waals surface area contributed by atoms with E-state index in [1.54, 1.807) is 6.07 Å². The minimum Gasteiger partial charge on any atom is -0.371 e. The van der Waals surface area contributed by atoms with Gasteiger partial charge in [-0.1, -0.05) is 41.8 Å². The van der Waals surface area contributed by atoms with Crippen molar-refractivity contribution in [3.8, 4) is 5.69 Å². The molecule has 4 fully saturated rings. The molecule has 4 nitrogen and oxygen atoms in total. The van der Waals surface area contributed by atoms with E-state index in [1.165, 1.54) is 37.7 Å². The standard InChI is InChI=1S/C29H30Cl2FN3O/c30-23-5-2-6-24(31)29(23)35-27(22(14-33-35)18-7-8-18)16-36-28-13-21-11-20(28)15-34(21)26-10-9-19(12-25(26)32)17-3-1-4-17/h2,5-6,9-10,12,14,17-18,20-21,28H,1,3-4,7-8,11,13,15-16H2/t20-,21-,28+/m0/s1. The van der Waals surface area contributed by atoms with E-state index >= 15 is 4.39 Å². The Morgan fingerprint density at radius 2 is 1.81 bits per heavy atom. The normalized spacial score (nSPS) is 25.5. The van der Waals surface area contributed by atoms with Gasteiger partial charge in [-0.15, -0.1) is 0 Å². The summed E-state index contributed by atoms with van der Waals surface area (Å²) in [4.78, 5) is 2.27. The van der Waals surface area contributed by atoms with E-state index in [-0.39, 0.29) is 11.9 Å². The predicted octanol–water partition coefficient (Wildman–Crippen LogP) is 7.65. The summed E-state index contributed by atoms with van der Waals surface area (Å²) in [5.74, 6) is 1.43. The van der Waals surface area contributed by atoms with Crippen molar-refractivity contribution >= 4 is 28.9 Å². The number of hydrogen-bond acceptors (Lipinski definition) is 3. The smallest absolute Gasteiger partial charge is 0.146 e. The second-order valence-electron chi connectivity index (χ2n) is 11.0. The number of aromatic nitrogens is 2. The Labute approximate surface area is 221 Å². The minimum atomic E-state index is -0.0704. The first-order valence-electron chi connectivity index (χ1n) is 13.3. The molecule has 0 spiro atoms. The van der Waals surface area contributed by atoms with Crippen LogP contribution in [0.15, 0.2) is 42.6 Å². The van der Waals surface area contributed by atoms with Gasteiger partial charge < -0.3 is 9.64 Å². The van der Waals surface area contributed by atoms with E-state index in [0.717, 1.165) is 36.3 Å². The molecule has 2 aromatic carbocycles. The van der Waals surface area contributed by atoms with Crippen molar-refractivity contribution in [2.75, 3.05) is 11.4 Å². The van der Waals surface area contributed by atoms with Crippen LogP contribution in [0, 0.1) is 11.7 Å². The van der Waals surface area contributed by atoms with Gasteiger partial charge in [0.15, 0.2) is 0 Å². The van der Waals surface area contributed by atoms with E-state index in [9.17, 15) is 0 Å². The molecule has 0 amide bonds. The van der Waals surface area contributed by atoms with Gasteiger partial charge in [0.05, 0.1) is 40.3 Å². The highest BCUT2D eigenvalue weighted by Gasteiger charge is 2.46. The molecular formula is C29H30Cl2FN3O. The van der Waals surface area contributed by atoms with Crippen LogP contribution >= 0.6 is 23.2 Å². The number of ether oxygens (including phenoxy) is 1. The van der Waals surface area contributed by atoms with Crippen LogP contribution in [0.25, 0.3) is 5.69 Å². The van der Waals surface area contributed by atoms with Gasteiger partial charge in [0, 0.05) is 18.5 Å². The highest BCUT2D eigenvalue weighted by molar-refractivity contribution is 6.37. The van der Waals surface area contributed by atoms with E-state index in [2.05, 4.69) is 16.1 Å². The van der Waals surface area contributed by atoms with Crippen LogP contribution in [-0.2, 0) is 11.3 Å². The highest BCUT2D eigenvalue weighted by atomic mass is 35.5. The molecule has 2 heterocycles. The molecule has 0 radical (unpaired) electrons. The molecule has 36 heavy (non-hydrogen) atoms. The zero-order valence-corrected chi connectivity index (χ0v) is 21.7. The number of piperidine rings is 1. The monoisotopic (exact) mass is 525 g/mol. The summed E-state index contributed by atoms with van der Waals surface area (Å²) in [6.07, 6.45) is 10.1. The largest absolute Gasteiger partial charge is 0.371 e. The lowest BCUT2D eigenvalue weighted by molar-refractivity contribution is 0.00987. The van der Waals surface area contributed by atoms with Crippen molar-refractivity contribution in [2.24, 2.45) is 5.92 Å². The fraction of sp³-hybridized carbons (Fsp3) is 0.483. The van der Waals surface area contributed by atoms with Gasteiger partial charge in [0.2, 0.25) is 0 Å². The number of halogens is 3. The van der Waals surface area contributed by atoms with Gasteiger partial charge in [0.25, 0.3) is 0 Å². The molecule has 7 heteroatoms. The molecule has 3 atom stereocenters. The Balaban J connectivity index is 1.07. The molecular weight excluding hydrogens is 496 g/mol. The molecule has 0 unspecified atom stereocenters.